The maximum atomic E-state index is 12.0. The molecular formula is C16H21NO4. The van der Waals surface area contributed by atoms with Gasteiger partial charge in [0.25, 0.3) is 0 Å². The first-order chi connectivity index (χ1) is 9.87. The summed E-state index contributed by atoms with van der Waals surface area (Å²) in [5, 5.41) is 0. The van der Waals surface area contributed by atoms with Crippen molar-refractivity contribution in [3.63, 3.8) is 0 Å². The van der Waals surface area contributed by atoms with E-state index in [9.17, 15) is 9.59 Å². The van der Waals surface area contributed by atoms with E-state index in [4.69, 9.17) is 9.47 Å². The van der Waals surface area contributed by atoms with Crippen LogP contribution in [0.5, 0.6) is 5.75 Å². The van der Waals surface area contributed by atoms with Crippen molar-refractivity contribution in [3.05, 3.63) is 29.8 Å². The molecule has 1 aliphatic rings. The Morgan fingerprint density at radius 3 is 2.52 bits per heavy atom. The maximum Gasteiger partial charge on any atom is 0.410 e. The second-order valence-electron chi connectivity index (χ2n) is 6.14. The molecule has 1 heterocycles. The van der Waals surface area contributed by atoms with Gasteiger partial charge in [0.2, 0.25) is 0 Å². The molecule has 2 rings (SSSR count). The Bertz CT molecular complexity index is 504. The van der Waals surface area contributed by atoms with E-state index < -0.39 is 5.60 Å². The predicted molar refractivity (Wildman–Crippen MR) is 78.7 cm³/mol. The lowest BCUT2D eigenvalue weighted by Gasteiger charge is -2.24. The first-order valence-corrected chi connectivity index (χ1v) is 7.07. The summed E-state index contributed by atoms with van der Waals surface area (Å²) in [6.07, 6.45) is 1.22. The summed E-state index contributed by atoms with van der Waals surface area (Å²) < 4.78 is 11.2. The van der Waals surface area contributed by atoms with Crippen LogP contribution in [0.3, 0.4) is 0 Å². The highest BCUT2D eigenvalue weighted by molar-refractivity contribution is 5.74. The fourth-order valence-electron chi connectivity index (χ4n) is 2.13. The SMILES string of the molecule is CC(C)(C)OC(=O)N1CC[C@H](Oc2ccc(C=O)cc2)C1. The van der Waals surface area contributed by atoms with Crippen LogP contribution in [-0.2, 0) is 4.74 Å². The molecule has 1 fully saturated rings. The molecule has 0 radical (unpaired) electrons. The van der Waals surface area contributed by atoms with Gasteiger partial charge in [0, 0.05) is 18.5 Å². The van der Waals surface area contributed by atoms with Crippen molar-refractivity contribution in [3.8, 4) is 5.75 Å². The number of carbonyl (C=O) groups excluding carboxylic acids is 2. The van der Waals surface area contributed by atoms with Crippen molar-refractivity contribution in [1.29, 1.82) is 0 Å². The Morgan fingerprint density at radius 2 is 1.95 bits per heavy atom. The number of amides is 1. The highest BCUT2D eigenvalue weighted by Crippen LogP contribution is 2.20. The summed E-state index contributed by atoms with van der Waals surface area (Å²) in [7, 11) is 0. The number of likely N-dealkylation sites (tertiary alicyclic amines) is 1. The summed E-state index contributed by atoms with van der Waals surface area (Å²) in [6.45, 7) is 6.70. The van der Waals surface area contributed by atoms with Gasteiger partial charge in [-0.3, -0.25) is 4.79 Å². The van der Waals surface area contributed by atoms with Crippen molar-refractivity contribution in [2.24, 2.45) is 0 Å². The normalized spacial score (nSPS) is 18.4. The van der Waals surface area contributed by atoms with Gasteiger partial charge >= 0.3 is 6.09 Å². The zero-order valence-corrected chi connectivity index (χ0v) is 12.7. The minimum atomic E-state index is -0.485. The Hall–Kier alpha value is -2.04. The summed E-state index contributed by atoms with van der Waals surface area (Å²) in [5.41, 5.74) is 0.130. The van der Waals surface area contributed by atoms with Gasteiger partial charge in [0.15, 0.2) is 0 Å². The van der Waals surface area contributed by atoms with E-state index in [2.05, 4.69) is 0 Å². The van der Waals surface area contributed by atoms with Gasteiger partial charge in [-0.25, -0.2) is 4.79 Å². The fourth-order valence-corrected chi connectivity index (χ4v) is 2.13. The fraction of sp³-hybridized carbons (Fsp3) is 0.500. The van der Waals surface area contributed by atoms with Crippen molar-refractivity contribution >= 4 is 12.4 Å². The number of benzene rings is 1. The van der Waals surface area contributed by atoms with Gasteiger partial charge < -0.3 is 14.4 Å². The van der Waals surface area contributed by atoms with Gasteiger partial charge in [-0.1, -0.05) is 0 Å². The molecule has 1 aromatic rings. The number of hydrogen-bond acceptors (Lipinski definition) is 4. The van der Waals surface area contributed by atoms with Crippen LogP contribution in [0.4, 0.5) is 4.79 Å². The largest absolute Gasteiger partial charge is 0.489 e. The molecule has 5 heteroatoms. The molecule has 0 bridgehead atoms. The number of carbonyl (C=O) groups is 2. The molecule has 21 heavy (non-hydrogen) atoms. The summed E-state index contributed by atoms with van der Waals surface area (Å²) in [4.78, 5) is 24.2. The lowest BCUT2D eigenvalue weighted by Crippen LogP contribution is -2.36. The molecule has 0 aromatic heterocycles. The number of ether oxygens (including phenoxy) is 2. The monoisotopic (exact) mass is 291 g/mol. The van der Waals surface area contributed by atoms with Crippen molar-refractivity contribution in [2.45, 2.75) is 38.9 Å². The highest BCUT2D eigenvalue weighted by Gasteiger charge is 2.30. The molecule has 0 unspecified atom stereocenters. The highest BCUT2D eigenvalue weighted by atomic mass is 16.6. The van der Waals surface area contributed by atoms with Gasteiger partial charge in [-0.2, -0.15) is 0 Å². The van der Waals surface area contributed by atoms with Crippen LogP contribution in [0.25, 0.3) is 0 Å². The smallest absolute Gasteiger partial charge is 0.410 e. The maximum absolute atomic E-state index is 12.0. The summed E-state index contributed by atoms with van der Waals surface area (Å²) in [6, 6.07) is 6.95. The van der Waals surface area contributed by atoms with E-state index in [1.165, 1.54) is 0 Å². The minimum Gasteiger partial charge on any atom is -0.489 e. The average Bonchev–Trinajstić information content (AvgIpc) is 2.86. The molecule has 114 valence electrons. The van der Waals surface area contributed by atoms with E-state index in [0.717, 1.165) is 12.7 Å². The average molecular weight is 291 g/mol. The van der Waals surface area contributed by atoms with Crippen LogP contribution in [0.2, 0.25) is 0 Å². The first-order valence-electron chi connectivity index (χ1n) is 7.07. The molecule has 1 atom stereocenters. The van der Waals surface area contributed by atoms with Crippen LogP contribution in [0, 0.1) is 0 Å². The van der Waals surface area contributed by atoms with E-state index >= 15 is 0 Å². The topological polar surface area (TPSA) is 55.8 Å². The number of aldehydes is 1. The Morgan fingerprint density at radius 1 is 1.29 bits per heavy atom. The predicted octanol–water partition coefficient (Wildman–Crippen LogP) is 2.89. The molecular weight excluding hydrogens is 270 g/mol. The lowest BCUT2D eigenvalue weighted by atomic mass is 10.2. The molecule has 0 saturated carbocycles. The zero-order valence-electron chi connectivity index (χ0n) is 12.7. The summed E-state index contributed by atoms with van der Waals surface area (Å²) in [5.74, 6) is 0.705. The second kappa shape index (κ2) is 6.16. The minimum absolute atomic E-state index is 0.0420. The van der Waals surface area contributed by atoms with Crippen LogP contribution in [-0.4, -0.2) is 42.1 Å². The van der Waals surface area contributed by atoms with Crippen LogP contribution >= 0.6 is 0 Å². The van der Waals surface area contributed by atoms with E-state index in [1.54, 1.807) is 29.2 Å². The van der Waals surface area contributed by atoms with Gasteiger partial charge in [-0.15, -0.1) is 0 Å². The van der Waals surface area contributed by atoms with Crippen molar-refractivity contribution < 1.29 is 19.1 Å². The number of nitrogens with zero attached hydrogens (tertiary/aromatic N) is 1. The van der Waals surface area contributed by atoms with Crippen molar-refractivity contribution in [1.82, 2.24) is 4.90 Å². The van der Waals surface area contributed by atoms with E-state index in [-0.39, 0.29) is 12.2 Å². The molecule has 5 nitrogen and oxygen atoms in total. The van der Waals surface area contributed by atoms with Crippen LogP contribution in [0.1, 0.15) is 37.6 Å². The summed E-state index contributed by atoms with van der Waals surface area (Å²) >= 11 is 0. The van der Waals surface area contributed by atoms with Gasteiger partial charge in [-0.05, 0) is 45.0 Å². The Kier molecular flexibility index (Phi) is 4.50. The Labute approximate surface area is 124 Å². The van der Waals surface area contributed by atoms with E-state index in [0.29, 0.717) is 24.4 Å². The molecule has 1 aromatic carbocycles. The first kappa shape index (κ1) is 15.4. The molecule has 0 aliphatic carbocycles. The third kappa shape index (κ3) is 4.48. The van der Waals surface area contributed by atoms with Crippen molar-refractivity contribution in [2.75, 3.05) is 13.1 Å². The van der Waals surface area contributed by atoms with Crippen LogP contribution < -0.4 is 4.74 Å². The zero-order chi connectivity index (χ0) is 15.5. The standard InChI is InChI=1S/C16H21NO4/c1-16(2,3)21-15(19)17-9-8-14(10-17)20-13-6-4-12(11-18)5-7-13/h4-7,11,14H,8-10H2,1-3H3/t14-/m0/s1. The van der Waals surface area contributed by atoms with E-state index in [1.807, 2.05) is 20.8 Å². The Balaban J connectivity index is 1.87. The third-order valence-corrected chi connectivity index (χ3v) is 3.12. The lowest BCUT2D eigenvalue weighted by molar-refractivity contribution is 0.0275. The molecule has 1 amide bonds. The second-order valence-corrected chi connectivity index (χ2v) is 6.14. The third-order valence-electron chi connectivity index (χ3n) is 3.12. The van der Waals surface area contributed by atoms with Crippen LogP contribution in [0.15, 0.2) is 24.3 Å². The number of hydrogen-bond donors (Lipinski definition) is 0. The quantitative estimate of drug-likeness (QED) is 0.804. The van der Waals surface area contributed by atoms with Gasteiger partial charge in [0.1, 0.15) is 23.7 Å². The molecule has 0 spiro atoms. The molecule has 0 N–H and O–H groups in total. The van der Waals surface area contributed by atoms with Gasteiger partial charge in [0.05, 0.1) is 6.54 Å². The number of rotatable bonds is 3. The molecule has 1 saturated heterocycles. The molecule has 1 aliphatic heterocycles.